The minimum Gasteiger partial charge on any atom is -0.454 e. The molecule has 0 amide bonds. The van der Waals surface area contributed by atoms with Crippen molar-refractivity contribution in [3.05, 3.63) is 41.0 Å². The molecule has 10 heteroatoms. The fourth-order valence-corrected chi connectivity index (χ4v) is 4.89. The highest BCUT2D eigenvalue weighted by Gasteiger charge is 2.44. The van der Waals surface area contributed by atoms with Crippen molar-refractivity contribution < 1.29 is 27.6 Å². The fourth-order valence-electron chi connectivity index (χ4n) is 3.18. The Labute approximate surface area is 169 Å². The predicted molar refractivity (Wildman–Crippen MR) is 102 cm³/mol. The van der Waals surface area contributed by atoms with Gasteiger partial charge in [0.1, 0.15) is 6.04 Å². The number of carbonyl (C=O) groups is 1. The van der Waals surface area contributed by atoms with Gasteiger partial charge in [0.25, 0.3) is 5.89 Å². The zero-order valence-electron chi connectivity index (χ0n) is 16.7. The molecule has 2 atom stereocenters. The molecule has 0 bridgehead atoms. The van der Waals surface area contributed by atoms with Crippen molar-refractivity contribution in [3.8, 4) is 0 Å². The van der Waals surface area contributed by atoms with E-state index in [1.165, 1.54) is 6.07 Å². The number of aliphatic hydroxyl groups excluding tert-OH is 1. The lowest BCUT2D eigenvalue weighted by Gasteiger charge is -2.22. The third-order valence-corrected chi connectivity index (χ3v) is 6.78. The molecule has 0 aliphatic carbocycles. The van der Waals surface area contributed by atoms with Gasteiger partial charge in [-0.2, -0.15) is 9.29 Å². The van der Waals surface area contributed by atoms with Crippen molar-refractivity contribution >= 4 is 16.0 Å². The van der Waals surface area contributed by atoms with E-state index in [9.17, 15) is 18.3 Å². The summed E-state index contributed by atoms with van der Waals surface area (Å²) in [4.78, 5) is 16.8. The van der Waals surface area contributed by atoms with Crippen LogP contribution >= 0.6 is 0 Å². The van der Waals surface area contributed by atoms with Crippen LogP contribution in [0.3, 0.4) is 0 Å². The fraction of sp³-hybridized carbons (Fsp3) is 0.526. The van der Waals surface area contributed by atoms with Crippen LogP contribution in [0.4, 0.5) is 0 Å². The molecule has 158 valence electrons. The van der Waals surface area contributed by atoms with Crippen LogP contribution in [-0.2, 0) is 32.6 Å². The summed E-state index contributed by atoms with van der Waals surface area (Å²) < 4.78 is 37.4. The average Bonchev–Trinajstić information content (AvgIpc) is 3.29. The summed E-state index contributed by atoms with van der Waals surface area (Å²) in [5.74, 6) is -0.0955. The van der Waals surface area contributed by atoms with Gasteiger partial charge in [0.05, 0.1) is 11.0 Å². The first-order valence-electron chi connectivity index (χ1n) is 9.47. The number of aryl methyl sites for hydroxylation is 3. The second-order valence-corrected chi connectivity index (χ2v) is 9.08. The summed E-state index contributed by atoms with van der Waals surface area (Å²) in [6, 6.07) is 3.66. The highest BCUT2D eigenvalue weighted by molar-refractivity contribution is 7.89. The highest BCUT2D eigenvalue weighted by Crippen LogP contribution is 2.28. The van der Waals surface area contributed by atoms with E-state index in [-0.39, 0.29) is 30.4 Å². The number of rotatable bonds is 7. The number of hydrogen-bond donors (Lipinski definition) is 1. The Bertz CT molecular complexity index is 988. The highest BCUT2D eigenvalue weighted by atomic mass is 32.2. The number of ether oxygens (including phenoxy) is 1. The summed E-state index contributed by atoms with van der Waals surface area (Å²) in [5.41, 5.74) is 1.78. The molecule has 2 heterocycles. The molecule has 1 unspecified atom stereocenters. The maximum Gasteiger partial charge on any atom is 0.325 e. The molecule has 0 spiro atoms. The molecule has 1 aromatic carbocycles. The van der Waals surface area contributed by atoms with Gasteiger partial charge < -0.3 is 14.4 Å². The summed E-state index contributed by atoms with van der Waals surface area (Å²) in [6.07, 6.45) is 0.514. The van der Waals surface area contributed by atoms with Crippen LogP contribution in [0.15, 0.2) is 27.6 Å². The van der Waals surface area contributed by atoms with Gasteiger partial charge in [0.2, 0.25) is 10.0 Å². The number of β-amino-alcohol motifs (C(OH)–C–C–N with tert-alkyl or cyclic N) is 1. The maximum atomic E-state index is 13.1. The van der Waals surface area contributed by atoms with Crippen LogP contribution in [0.2, 0.25) is 0 Å². The number of nitrogens with zero attached hydrogens (tertiary/aromatic N) is 3. The van der Waals surface area contributed by atoms with Crippen molar-refractivity contribution in [1.29, 1.82) is 0 Å². The summed E-state index contributed by atoms with van der Waals surface area (Å²) in [5, 5.41) is 13.8. The Morgan fingerprint density at radius 3 is 2.79 bits per heavy atom. The molecule has 1 aliphatic rings. The zero-order chi connectivity index (χ0) is 21.2. The lowest BCUT2D eigenvalue weighted by molar-refractivity contribution is -0.149. The predicted octanol–water partition coefficient (Wildman–Crippen LogP) is 1.51. The molecule has 1 saturated heterocycles. The van der Waals surface area contributed by atoms with E-state index in [0.29, 0.717) is 12.2 Å². The van der Waals surface area contributed by atoms with Crippen molar-refractivity contribution in [3.63, 3.8) is 0 Å². The second-order valence-electron chi connectivity index (χ2n) is 7.19. The van der Waals surface area contributed by atoms with Crippen LogP contribution in [0, 0.1) is 13.8 Å². The lowest BCUT2D eigenvalue weighted by atomic mass is 10.1. The van der Waals surface area contributed by atoms with Crippen LogP contribution < -0.4 is 0 Å². The lowest BCUT2D eigenvalue weighted by Crippen LogP contribution is -2.41. The Morgan fingerprint density at radius 1 is 1.34 bits per heavy atom. The largest absolute Gasteiger partial charge is 0.454 e. The Kier molecular flexibility index (Phi) is 6.35. The first kappa shape index (κ1) is 21.4. The molecule has 29 heavy (non-hydrogen) atoms. The van der Waals surface area contributed by atoms with Gasteiger partial charge in [-0.15, -0.1) is 0 Å². The summed E-state index contributed by atoms with van der Waals surface area (Å²) >= 11 is 0. The molecule has 1 fully saturated rings. The third-order valence-electron chi connectivity index (χ3n) is 4.91. The zero-order valence-corrected chi connectivity index (χ0v) is 17.5. The Morgan fingerprint density at radius 2 is 2.10 bits per heavy atom. The maximum absolute atomic E-state index is 13.1. The number of carbonyl (C=O) groups excluding carboxylic acids is 1. The van der Waals surface area contributed by atoms with Gasteiger partial charge in [-0.1, -0.05) is 18.1 Å². The van der Waals surface area contributed by atoms with E-state index in [2.05, 4.69) is 10.1 Å². The summed E-state index contributed by atoms with van der Waals surface area (Å²) in [7, 11) is -3.97. The number of sulfonamides is 1. The molecule has 1 aromatic heterocycles. The molecule has 1 aliphatic heterocycles. The van der Waals surface area contributed by atoms with Crippen LogP contribution in [0.25, 0.3) is 0 Å². The smallest absolute Gasteiger partial charge is 0.325 e. The van der Waals surface area contributed by atoms with Crippen LogP contribution in [0.1, 0.15) is 42.6 Å². The van der Waals surface area contributed by atoms with Crippen molar-refractivity contribution in [2.24, 2.45) is 0 Å². The molecule has 0 saturated carbocycles. The second kappa shape index (κ2) is 8.60. The first-order chi connectivity index (χ1) is 13.7. The molecule has 0 radical (unpaired) electrons. The SMILES string of the molecule is CCCc1noc(COC(=O)[C@@H]2CC(O)CN2S(=O)(=O)c2ccc(C)c(C)c2)n1. The first-order valence-corrected chi connectivity index (χ1v) is 10.9. The average molecular weight is 423 g/mol. The minimum absolute atomic E-state index is 0.0339. The molecule has 1 N–H and O–H groups in total. The van der Waals surface area contributed by atoms with E-state index >= 15 is 0 Å². The van der Waals surface area contributed by atoms with Crippen LogP contribution in [-0.4, -0.2) is 52.6 Å². The summed E-state index contributed by atoms with van der Waals surface area (Å²) in [6.45, 7) is 5.26. The van der Waals surface area contributed by atoms with Gasteiger partial charge in [0.15, 0.2) is 12.4 Å². The van der Waals surface area contributed by atoms with E-state index in [1.807, 2.05) is 20.8 Å². The Balaban J connectivity index is 1.74. The van der Waals surface area contributed by atoms with E-state index in [4.69, 9.17) is 9.26 Å². The number of aromatic nitrogens is 2. The molecule has 9 nitrogen and oxygen atoms in total. The number of aliphatic hydroxyl groups is 1. The standard InChI is InChI=1S/C19H25N3O6S/c1-4-5-17-20-18(28-21-17)11-27-19(24)16-9-14(23)10-22(16)29(25,26)15-7-6-12(2)13(3)8-15/h6-8,14,16,23H,4-5,9-11H2,1-3H3/t14?,16-/m0/s1. The third kappa shape index (κ3) is 4.65. The van der Waals surface area contributed by atoms with Crippen LogP contribution in [0.5, 0.6) is 0 Å². The van der Waals surface area contributed by atoms with Gasteiger partial charge in [0, 0.05) is 19.4 Å². The van der Waals surface area contributed by atoms with Crippen molar-refractivity contribution in [2.75, 3.05) is 6.54 Å². The quantitative estimate of drug-likeness (QED) is 0.665. The van der Waals surface area contributed by atoms with Gasteiger partial charge >= 0.3 is 5.97 Å². The van der Waals surface area contributed by atoms with Crippen molar-refractivity contribution in [1.82, 2.24) is 14.4 Å². The van der Waals surface area contributed by atoms with Crippen molar-refractivity contribution in [2.45, 2.75) is 63.7 Å². The number of benzene rings is 1. The van der Waals surface area contributed by atoms with E-state index < -0.39 is 28.1 Å². The number of esters is 1. The van der Waals surface area contributed by atoms with Gasteiger partial charge in [-0.25, -0.2) is 8.42 Å². The Hall–Kier alpha value is -2.30. The molecule has 3 rings (SSSR count). The number of hydrogen-bond acceptors (Lipinski definition) is 8. The molecular formula is C19H25N3O6S. The molecular weight excluding hydrogens is 398 g/mol. The molecule has 2 aromatic rings. The normalized spacial score (nSPS) is 20.1. The van der Waals surface area contributed by atoms with Gasteiger partial charge in [-0.3, -0.25) is 4.79 Å². The van der Waals surface area contributed by atoms with E-state index in [1.54, 1.807) is 12.1 Å². The minimum atomic E-state index is -3.97. The topological polar surface area (TPSA) is 123 Å². The van der Waals surface area contributed by atoms with E-state index in [0.717, 1.165) is 21.9 Å². The van der Waals surface area contributed by atoms with Gasteiger partial charge in [-0.05, 0) is 43.5 Å². The monoisotopic (exact) mass is 423 g/mol.